The Morgan fingerprint density at radius 2 is 1.85 bits per heavy atom. The number of hydrogen-bond acceptors (Lipinski definition) is 4. The minimum Gasteiger partial charge on any atom is -0.455 e. The van der Waals surface area contributed by atoms with E-state index in [1.807, 2.05) is 56.3 Å². The molecule has 0 bridgehead atoms. The smallest absolute Gasteiger partial charge is 0.311 e. The van der Waals surface area contributed by atoms with Crippen LogP contribution in [0.25, 0.3) is 0 Å². The van der Waals surface area contributed by atoms with Crippen molar-refractivity contribution in [3.05, 3.63) is 59.7 Å². The summed E-state index contributed by atoms with van der Waals surface area (Å²) in [4.78, 5) is 38.0. The summed E-state index contributed by atoms with van der Waals surface area (Å²) in [5.74, 6) is -1.62. The number of esters is 1. The summed E-state index contributed by atoms with van der Waals surface area (Å²) in [6.07, 6.45) is 0.0898. The SMILES string of the molecule is Cc1ccc(NC(=O)COC(=O)[C@@H]2CC(=O)N(c3ccccc3)C2)cc1C. The van der Waals surface area contributed by atoms with Gasteiger partial charge in [0.25, 0.3) is 5.91 Å². The number of nitrogens with zero attached hydrogens (tertiary/aromatic N) is 1. The average molecular weight is 366 g/mol. The zero-order chi connectivity index (χ0) is 19.4. The van der Waals surface area contributed by atoms with Crippen LogP contribution in [0, 0.1) is 19.8 Å². The molecule has 1 atom stereocenters. The lowest BCUT2D eigenvalue weighted by Gasteiger charge is -2.16. The Hall–Kier alpha value is -3.15. The molecule has 1 N–H and O–H groups in total. The summed E-state index contributed by atoms with van der Waals surface area (Å²) in [7, 11) is 0. The van der Waals surface area contributed by atoms with Crippen LogP contribution in [0.2, 0.25) is 0 Å². The van der Waals surface area contributed by atoms with Gasteiger partial charge < -0.3 is 15.0 Å². The Morgan fingerprint density at radius 1 is 1.11 bits per heavy atom. The van der Waals surface area contributed by atoms with Gasteiger partial charge in [0.05, 0.1) is 5.92 Å². The second-order valence-corrected chi connectivity index (χ2v) is 6.70. The Balaban J connectivity index is 1.51. The van der Waals surface area contributed by atoms with Gasteiger partial charge in [0.1, 0.15) is 0 Å². The molecule has 2 amide bonds. The monoisotopic (exact) mass is 366 g/mol. The van der Waals surface area contributed by atoms with Crippen LogP contribution in [0.1, 0.15) is 17.5 Å². The minimum atomic E-state index is -0.563. The molecule has 2 aromatic rings. The molecule has 0 aliphatic carbocycles. The second kappa shape index (κ2) is 8.03. The van der Waals surface area contributed by atoms with E-state index in [4.69, 9.17) is 4.74 Å². The van der Waals surface area contributed by atoms with Crippen LogP contribution in [-0.4, -0.2) is 30.9 Å². The normalized spacial score (nSPS) is 16.3. The lowest BCUT2D eigenvalue weighted by atomic mass is 10.1. The van der Waals surface area contributed by atoms with Crippen molar-refractivity contribution in [2.75, 3.05) is 23.4 Å². The van der Waals surface area contributed by atoms with E-state index in [1.165, 1.54) is 0 Å². The predicted octanol–water partition coefficient (Wildman–Crippen LogP) is 2.84. The average Bonchev–Trinajstić information content (AvgIpc) is 3.05. The first kappa shape index (κ1) is 18.6. The highest BCUT2D eigenvalue weighted by molar-refractivity contribution is 6.00. The van der Waals surface area contributed by atoms with Gasteiger partial charge in [-0.3, -0.25) is 14.4 Å². The maximum absolute atomic E-state index is 12.2. The van der Waals surface area contributed by atoms with E-state index in [0.717, 1.165) is 16.8 Å². The van der Waals surface area contributed by atoms with E-state index in [1.54, 1.807) is 11.0 Å². The molecule has 140 valence electrons. The van der Waals surface area contributed by atoms with E-state index < -0.39 is 17.8 Å². The predicted molar refractivity (Wildman–Crippen MR) is 102 cm³/mol. The highest BCUT2D eigenvalue weighted by Gasteiger charge is 2.36. The van der Waals surface area contributed by atoms with Crippen molar-refractivity contribution in [1.82, 2.24) is 0 Å². The Labute approximate surface area is 158 Å². The van der Waals surface area contributed by atoms with Crippen LogP contribution < -0.4 is 10.2 Å². The van der Waals surface area contributed by atoms with Crippen molar-refractivity contribution < 1.29 is 19.1 Å². The number of aryl methyl sites for hydroxylation is 2. The lowest BCUT2D eigenvalue weighted by molar-refractivity contribution is -0.151. The molecule has 1 aliphatic rings. The van der Waals surface area contributed by atoms with Crippen LogP contribution in [-0.2, 0) is 19.1 Å². The van der Waals surface area contributed by atoms with Gasteiger partial charge >= 0.3 is 5.97 Å². The van der Waals surface area contributed by atoms with Gasteiger partial charge in [-0.2, -0.15) is 0 Å². The summed E-state index contributed by atoms with van der Waals surface area (Å²) in [6, 6.07) is 14.8. The van der Waals surface area contributed by atoms with Crippen molar-refractivity contribution >= 4 is 29.2 Å². The fourth-order valence-electron chi connectivity index (χ4n) is 2.99. The van der Waals surface area contributed by atoms with Gasteiger partial charge in [-0.1, -0.05) is 24.3 Å². The van der Waals surface area contributed by atoms with Crippen LogP contribution in [0.3, 0.4) is 0 Å². The highest BCUT2D eigenvalue weighted by Crippen LogP contribution is 2.25. The van der Waals surface area contributed by atoms with Crippen molar-refractivity contribution in [2.24, 2.45) is 5.92 Å². The van der Waals surface area contributed by atoms with E-state index in [9.17, 15) is 14.4 Å². The summed E-state index contributed by atoms with van der Waals surface area (Å²) in [5.41, 5.74) is 3.61. The molecule has 6 heteroatoms. The third kappa shape index (κ3) is 4.53. The number of nitrogens with one attached hydrogen (secondary N) is 1. The molecule has 0 radical (unpaired) electrons. The van der Waals surface area contributed by atoms with Crippen LogP contribution in [0.5, 0.6) is 0 Å². The van der Waals surface area contributed by atoms with Crippen molar-refractivity contribution in [3.8, 4) is 0 Å². The van der Waals surface area contributed by atoms with Crippen LogP contribution in [0.15, 0.2) is 48.5 Å². The van der Waals surface area contributed by atoms with E-state index in [0.29, 0.717) is 5.69 Å². The number of benzene rings is 2. The molecule has 1 aliphatic heterocycles. The first-order valence-electron chi connectivity index (χ1n) is 8.83. The summed E-state index contributed by atoms with van der Waals surface area (Å²) in [5, 5.41) is 2.71. The second-order valence-electron chi connectivity index (χ2n) is 6.70. The lowest BCUT2D eigenvalue weighted by Crippen LogP contribution is -2.28. The number of carbonyl (C=O) groups is 3. The molecule has 27 heavy (non-hydrogen) atoms. The molecule has 1 fully saturated rings. The maximum Gasteiger partial charge on any atom is 0.311 e. The summed E-state index contributed by atoms with van der Waals surface area (Å²) < 4.78 is 5.12. The van der Waals surface area contributed by atoms with Crippen molar-refractivity contribution in [3.63, 3.8) is 0 Å². The highest BCUT2D eigenvalue weighted by atomic mass is 16.5. The number of hydrogen-bond donors (Lipinski definition) is 1. The largest absolute Gasteiger partial charge is 0.455 e. The molecule has 2 aromatic carbocycles. The number of para-hydroxylation sites is 1. The van der Waals surface area contributed by atoms with Crippen LogP contribution in [0.4, 0.5) is 11.4 Å². The molecule has 3 rings (SSSR count). The molecule has 0 aromatic heterocycles. The third-order valence-electron chi connectivity index (χ3n) is 4.66. The quantitative estimate of drug-likeness (QED) is 0.826. The van der Waals surface area contributed by atoms with Gasteiger partial charge in [-0.15, -0.1) is 0 Å². The fraction of sp³-hybridized carbons (Fsp3) is 0.286. The first-order chi connectivity index (χ1) is 12.9. The molecule has 0 unspecified atom stereocenters. The minimum absolute atomic E-state index is 0.0898. The molecular formula is C21H22N2O4. The Bertz CT molecular complexity index is 864. The molecule has 0 spiro atoms. The Kier molecular flexibility index (Phi) is 5.54. The van der Waals surface area contributed by atoms with Gasteiger partial charge in [0, 0.05) is 24.3 Å². The molecule has 1 heterocycles. The first-order valence-corrected chi connectivity index (χ1v) is 8.83. The third-order valence-corrected chi connectivity index (χ3v) is 4.66. The Morgan fingerprint density at radius 3 is 2.56 bits per heavy atom. The number of amides is 2. The van der Waals surface area contributed by atoms with E-state index >= 15 is 0 Å². The van der Waals surface area contributed by atoms with Crippen molar-refractivity contribution in [1.29, 1.82) is 0 Å². The summed E-state index contributed by atoms with van der Waals surface area (Å²) >= 11 is 0. The van der Waals surface area contributed by atoms with Gasteiger partial charge in [0.15, 0.2) is 6.61 Å². The number of rotatable bonds is 5. The van der Waals surface area contributed by atoms with Gasteiger partial charge in [-0.05, 0) is 49.2 Å². The van der Waals surface area contributed by atoms with E-state index in [-0.39, 0.29) is 25.5 Å². The van der Waals surface area contributed by atoms with Gasteiger partial charge in [-0.25, -0.2) is 0 Å². The molecule has 6 nitrogen and oxygen atoms in total. The number of carbonyl (C=O) groups excluding carboxylic acids is 3. The fourth-order valence-corrected chi connectivity index (χ4v) is 2.99. The summed E-state index contributed by atoms with van der Waals surface area (Å²) in [6.45, 7) is 3.84. The number of anilines is 2. The van der Waals surface area contributed by atoms with E-state index in [2.05, 4.69) is 5.32 Å². The zero-order valence-electron chi connectivity index (χ0n) is 15.4. The van der Waals surface area contributed by atoms with Gasteiger partial charge in [0.2, 0.25) is 5.91 Å². The van der Waals surface area contributed by atoms with Crippen LogP contribution >= 0.6 is 0 Å². The van der Waals surface area contributed by atoms with Crippen molar-refractivity contribution in [2.45, 2.75) is 20.3 Å². The topological polar surface area (TPSA) is 75.7 Å². The number of ether oxygens (including phenoxy) is 1. The standard InChI is InChI=1S/C21H22N2O4/c1-14-8-9-17(10-15(14)2)22-19(24)13-27-21(26)16-11-20(25)23(12-16)18-6-4-3-5-7-18/h3-10,16H,11-13H2,1-2H3,(H,22,24)/t16-/m1/s1. The maximum atomic E-state index is 12.2. The molecule has 0 saturated carbocycles. The molecular weight excluding hydrogens is 344 g/mol. The molecule has 1 saturated heterocycles. The zero-order valence-corrected chi connectivity index (χ0v) is 15.4.